The third-order valence-corrected chi connectivity index (χ3v) is 4.39. The van der Waals surface area contributed by atoms with E-state index in [9.17, 15) is 22.9 Å². The van der Waals surface area contributed by atoms with E-state index in [0.29, 0.717) is 12.5 Å². The number of sulfonamides is 1. The van der Waals surface area contributed by atoms with E-state index in [1.807, 2.05) is 0 Å². The molecule has 1 N–H and O–H groups in total. The molecule has 0 saturated heterocycles. The molecule has 0 heterocycles. The zero-order valence-corrected chi connectivity index (χ0v) is 12.4. The Morgan fingerprint density at radius 1 is 1.52 bits per heavy atom. The van der Waals surface area contributed by atoms with E-state index in [1.54, 1.807) is 6.92 Å². The zero-order chi connectivity index (χ0) is 16.2. The van der Waals surface area contributed by atoms with Gasteiger partial charge in [0.05, 0.1) is 9.82 Å². The van der Waals surface area contributed by atoms with Gasteiger partial charge in [0.1, 0.15) is 0 Å². The lowest BCUT2D eigenvalue weighted by molar-refractivity contribution is -0.387. The Morgan fingerprint density at radius 3 is 2.62 bits per heavy atom. The van der Waals surface area contributed by atoms with Gasteiger partial charge in [-0.2, -0.15) is 4.39 Å². The molecule has 8 heteroatoms. The number of terminal acetylenes is 1. The molecule has 0 radical (unpaired) electrons. The normalized spacial score (nSPS) is 12.7. The van der Waals surface area contributed by atoms with Crippen LogP contribution in [0, 0.1) is 35.2 Å². The second-order valence-electron chi connectivity index (χ2n) is 4.47. The third-order valence-electron chi connectivity index (χ3n) is 2.89. The number of nitro groups is 1. The van der Waals surface area contributed by atoms with Crippen LogP contribution in [0.5, 0.6) is 0 Å². The number of hydrogen-bond acceptors (Lipinski definition) is 4. The van der Waals surface area contributed by atoms with E-state index < -0.39 is 32.5 Å². The van der Waals surface area contributed by atoms with E-state index >= 15 is 0 Å². The number of nitro benzene ring substituents is 1. The minimum atomic E-state index is -4.01. The van der Waals surface area contributed by atoms with Crippen molar-refractivity contribution in [2.45, 2.75) is 37.6 Å². The summed E-state index contributed by atoms with van der Waals surface area (Å²) in [6.45, 7) is 3.02. The van der Waals surface area contributed by atoms with Gasteiger partial charge in [-0.1, -0.05) is 6.92 Å². The number of hydrogen-bond donors (Lipinski definition) is 1. The van der Waals surface area contributed by atoms with Crippen LogP contribution >= 0.6 is 0 Å². The van der Waals surface area contributed by atoms with E-state index in [4.69, 9.17) is 6.42 Å². The van der Waals surface area contributed by atoms with Crippen molar-refractivity contribution in [2.75, 3.05) is 0 Å². The van der Waals surface area contributed by atoms with Crippen molar-refractivity contribution in [3.8, 4) is 12.3 Å². The van der Waals surface area contributed by atoms with Crippen molar-refractivity contribution < 1.29 is 17.7 Å². The van der Waals surface area contributed by atoms with Crippen LogP contribution in [0.4, 0.5) is 10.1 Å². The highest BCUT2D eigenvalue weighted by Gasteiger charge is 2.25. The van der Waals surface area contributed by atoms with Crippen LogP contribution < -0.4 is 4.72 Å². The first kappa shape index (κ1) is 17.1. The lowest BCUT2D eigenvalue weighted by Crippen LogP contribution is -2.34. The first-order valence-electron chi connectivity index (χ1n) is 6.13. The van der Waals surface area contributed by atoms with Crippen LogP contribution in [0.3, 0.4) is 0 Å². The van der Waals surface area contributed by atoms with Crippen molar-refractivity contribution in [2.24, 2.45) is 0 Å². The molecule has 21 heavy (non-hydrogen) atoms. The van der Waals surface area contributed by atoms with Gasteiger partial charge >= 0.3 is 5.69 Å². The molecule has 1 rings (SSSR count). The second-order valence-corrected chi connectivity index (χ2v) is 6.18. The molecule has 0 aliphatic carbocycles. The number of aryl methyl sites for hydroxylation is 1. The highest BCUT2D eigenvalue weighted by atomic mass is 32.2. The maximum atomic E-state index is 13.6. The van der Waals surface area contributed by atoms with Crippen LogP contribution in [0.2, 0.25) is 0 Å². The number of benzene rings is 1. The predicted octanol–water partition coefficient (Wildman–Crippen LogP) is 2.12. The monoisotopic (exact) mass is 314 g/mol. The SMILES string of the molecule is C#CCC(CC)NS(=O)(=O)c1cc(C)c(F)c([N+](=O)[O-])c1. The predicted molar refractivity (Wildman–Crippen MR) is 75.6 cm³/mol. The highest BCUT2D eigenvalue weighted by molar-refractivity contribution is 7.89. The molecule has 0 amide bonds. The lowest BCUT2D eigenvalue weighted by atomic mass is 10.2. The summed E-state index contributed by atoms with van der Waals surface area (Å²) < 4.78 is 40.3. The van der Waals surface area contributed by atoms with Crippen LogP contribution in [0.15, 0.2) is 17.0 Å². The Balaban J connectivity index is 3.26. The highest BCUT2D eigenvalue weighted by Crippen LogP contribution is 2.25. The standard InChI is InChI=1S/C13H15FN2O4S/c1-4-6-10(5-2)15-21(19,20)11-7-9(3)13(14)12(8-11)16(17)18/h1,7-8,10,15H,5-6H2,2-3H3. The molecule has 0 spiro atoms. The summed E-state index contributed by atoms with van der Waals surface area (Å²) >= 11 is 0. The van der Waals surface area contributed by atoms with Gasteiger partial charge in [0.2, 0.25) is 15.8 Å². The third kappa shape index (κ3) is 4.00. The largest absolute Gasteiger partial charge is 0.306 e. The fourth-order valence-corrected chi connectivity index (χ4v) is 3.13. The second kappa shape index (κ2) is 6.65. The van der Waals surface area contributed by atoms with Gasteiger partial charge in [-0.3, -0.25) is 10.1 Å². The Hall–Kier alpha value is -1.98. The molecule has 1 unspecified atom stereocenters. The van der Waals surface area contributed by atoms with Gasteiger partial charge in [0.25, 0.3) is 0 Å². The number of nitrogens with zero attached hydrogens (tertiary/aromatic N) is 1. The smallest absolute Gasteiger partial charge is 0.258 e. The number of nitrogens with one attached hydrogen (secondary N) is 1. The average Bonchev–Trinajstić information content (AvgIpc) is 2.40. The van der Waals surface area contributed by atoms with Gasteiger partial charge in [0.15, 0.2) is 0 Å². The van der Waals surface area contributed by atoms with Gasteiger partial charge < -0.3 is 0 Å². The molecule has 1 atom stereocenters. The van der Waals surface area contributed by atoms with Gasteiger partial charge in [-0.15, -0.1) is 12.3 Å². The maximum Gasteiger partial charge on any atom is 0.306 e. The molecule has 0 saturated carbocycles. The molecule has 0 aliphatic rings. The van der Waals surface area contributed by atoms with E-state index in [2.05, 4.69) is 10.6 Å². The first-order chi connectivity index (χ1) is 9.72. The van der Waals surface area contributed by atoms with Crippen molar-refractivity contribution in [3.05, 3.63) is 33.6 Å². The Kier molecular flexibility index (Phi) is 5.41. The summed E-state index contributed by atoms with van der Waals surface area (Å²) in [7, 11) is -4.01. The molecule has 0 aromatic heterocycles. The van der Waals surface area contributed by atoms with Crippen LogP contribution in [0.1, 0.15) is 25.3 Å². The van der Waals surface area contributed by atoms with Crippen molar-refractivity contribution in [1.29, 1.82) is 0 Å². The van der Waals surface area contributed by atoms with Crippen LogP contribution in [-0.4, -0.2) is 19.4 Å². The van der Waals surface area contributed by atoms with Crippen molar-refractivity contribution >= 4 is 15.7 Å². The van der Waals surface area contributed by atoms with Crippen LogP contribution in [-0.2, 0) is 10.0 Å². The minimum absolute atomic E-state index is 0.116. The molecule has 1 aromatic rings. The van der Waals surface area contributed by atoms with Gasteiger partial charge in [-0.25, -0.2) is 13.1 Å². The maximum absolute atomic E-state index is 13.6. The Labute approximate surface area is 122 Å². The summed E-state index contributed by atoms with van der Waals surface area (Å²) in [4.78, 5) is 9.44. The minimum Gasteiger partial charge on any atom is -0.258 e. The van der Waals surface area contributed by atoms with Crippen molar-refractivity contribution in [1.82, 2.24) is 4.72 Å². The van der Waals surface area contributed by atoms with Gasteiger partial charge in [-0.05, 0) is 25.0 Å². The molecule has 0 fully saturated rings. The topological polar surface area (TPSA) is 89.3 Å². The molecular formula is C13H15FN2O4S. The molecule has 0 aliphatic heterocycles. The Morgan fingerprint density at radius 2 is 2.14 bits per heavy atom. The van der Waals surface area contributed by atoms with Crippen molar-refractivity contribution in [3.63, 3.8) is 0 Å². The number of halogens is 1. The van der Waals surface area contributed by atoms with Crippen LogP contribution in [0.25, 0.3) is 0 Å². The molecule has 114 valence electrons. The summed E-state index contributed by atoms with van der Waals surface area (Å²) in [5.41, 5.74) is -0.991. The van der Waals surface area contributed by atoms with E-state index in [1.165, 1.54) is 6.92 Å². The van der Waals surface area contributed by atoms with Gasteiger partial charge in [0, 0.05) is 18.5 Å². The zero-order valence-electron chi connectivity index (χ0n) is 11.6. The summed E-state index contributed by atoms with van der Waals surface area (Å²) in [5, 5.41) is 10.8. The molecule has 1 aromatic carbocycles. The molecule has 6 nitrogen and oxygen atoms in total. The van der Waals surface area contributed by atoms with E-state index in [0.717, 1.165) is 6.07 Å². The quantitative estimate of drug-likeness (QED) is 0.495. The van der Waals surface area contributed by atoms with E-state index in [-0.39, 0.29) is 16.9 Å². The molecule has 0 bridgehead atoms. The number of rotatable bonds is 6. The fraction of sp³-hybridized carbons (Fsp3) is 0.385. The summed E-state index contributed by atoms with van der Waals surface area (Å²) in [5.74, 6) is 1.30. The first-order valence-corrected chi connectivity index (χ1v) is 7.61. The fourth-order valence-electron chi connectivity index (χ4n) is 1.71. The summed E-state index contributed by atoms with van der Waals surface area (Å²) in [6.07, 6.45) is 5.80. The average molecular weight is 314 g/mol. The lowest BCUT2D eigenvalue weighted by Gasteiger charge is -2.15. The molecular weight excluding hydrogens is 299 g/mol. The Bertz CT molecular complexity index is 695. The summed E-state index contributed by atoms with van der Waals surface area (Å²) in [6, 6.07) is 1.27.